The van der Waals surface area contributed by atoms with Crippen molar-refractivity contribution in [3.63, 3.8) is 0 Å². The molecular weight excluding hydrogens is 464 g/mol. The van der Waals surface area contributed by atoms with Crippen molar-refractivity contribution < 1.29 is 40.7 Å². The van der Waals surface area contributed by atoms with Gasteiger partial charge in [-0.15, -0.1) is 11.3 Å². The highest BCUT2D eigenvalue weighted by Crippen LogP contribution is 2.34. The van der Waals surface area contributed by atoms with E-state index in [0.717, 1.165) is 18.2 Å². The van der Waals surface area contributed by atoms with Gasteiger partial charge in [-0.25, -0.2) is 4.98 Å². The van der Waals surface area contributed by atoms with Gasteiger partial charge in [-0.05, 0) is 42.8 Å². The predicted octanol–water partition coefficient (Wildman–Crippen LogP) is 4.48. The third kappa shape index (κ3) is 5.28. The third-order valence-corrected chi connectivity index (χ3v) is 5.35. The summed E-state index contributed by atoms with van der Waals surface area (Å²) in [6, 6.07) is 5.90. The molecule has 2 amide bonds. The number of carbonyl (C=O) groups excluding carboxylic acids is 2. The van der Waals surface area contributed by atoms with Crippen LogP contribution in [0, 0.1) is 6.92 Å². The molecular formula is C19H13F6N3O3S. The molecule has 0 atom stereocenters. The van der Waals surface area contributed by atoms with Gasteiger partial charge in [-0.1, -0.05) is 6.07 Å². The van der Waals surface area contributed by atoms with Gasteiger partial charge in [-0.3, -0.25) is 20.4 Å². The predicted molar refractivity (Wildman–Crippen MR) is 102 cm³/mol. The Morgan fingerprint density at radius 1 is 1.03 bits per heavy atom. The van der Waals surface area contributed by atoms with E-state index in [4.69, 9.17) is 4.74 Å². The summed E-state index contributed by atoms with van der Waals surface area (Å²) in [6.07, 6.45) is -9.21. The summed E-state index contributed by atoms with van der Waals surface area (Å²) in [7, 11) is 0. The number of hydrazine groups is 1. The Labute approximate surface area is 180 Å². The second kappa shape index (κ2) is 8.65. The van der Waals surface area contributed by atoms with Gasteiger partial charge in [0.2, 0.25) is 0 Å². The van der Waals surface area contributed by atoms with Crippen LogP contribution in [0.5, 0.6) is 5.75 Å². The Morgan fingerprint density at radius 2 is 1.75 bits per heavy atom. The smallest absolute Gasteiger partial charge is 0.433 e. The number of thiophene rings is 1. The van der Waals surface area contributed by atoms with Gasteiger partial charge >= 0.3 is 12.4 Å². The molecule has 0 aliphatic rings. The van der Waals surface area contributed by atoms with Gasteiger partial charge in [0.25, 0.3) is 11.8 Å². The molecule has 0 unspecified atom stereocenters. The molecule has 0 spiro atoms. The van der Waals surface area contributed by atoms with E-state index >= 15 is 0 Å². The minimum atomic E-state index is -4.64. The van der Waals surface area contributed by atoms with Crippen LogP contribution in [-0.4, -0.2) is 23.4 Å². The molecule has 13 heteroatoms. The molecule has 0 bridgehead atoms. The second-order valence-electron chi connectivity index (χ2n) is 6.42. The standard InChI is InChI=1S/C19H13F6N3O3S/c1-9-12-5-6-13(19(23,24)25)26-17(12)32-15(9)16(30)28-27-14(29)8-31-11-4-2-3-10(7-11)18(20,21)22/h2-7H,8H2,1H3,(H,27,29)(H,28,30). The fourth-order valence-electron chi connectivity index (χ4n) is 2.60. The first-order valence-corrected chi connectivity index (χ1v) is 9.54. The summed E-state index contributed by atoms with van der Waals surface area (Å²) in [5.41, 5.74) is 2.42. The molecule has 3 aromatic rings. The Kier molecular flexibility index (Phi) is 6.30. The number of nitrogens with zero attached hydrogens (tertiary/aromatic N) is 1. The summed E-state index contributed by atoms with van der Waals surface area (Å²) in [6.45, 7) is 0.824. The van der Waals surface area contributed by atoms with Crippen LogP contribution in [0.3, 0.4) is 0 Å². The van der Waals surface area contributed by atoms with E-state index in [1.165, 1.54) is 19.1 Å². The number of carbonyl (C=O) groups is 2. The number of nitrogens with one attached hydrogen (secondary N) is 2. The van der Waals surface area contributed by atoms with Crippen molar-refractivity contribution in [3.05, 3.63) is 58.1 Å². The van der Waals surface area contributed by atoms with Crippen molar-refractivity contribution in [2.24, 2.45) is 0 Å². The molecule has 170 valence electrons. The van der Waals surface area contributed by atoms with Crippen molar-refractivity contribution in [1.82, 2.24) is 15.8 Å². The van der Waals surface area contributed by atoms with E-state index in [1.807, 2.05) is 5.43 Å². The first-order valence-electron chi connectivity index (χ1n) is 8.73. The molecule has 2 N–H and O–H groups in total. The van der Waals surface area contributed by atoms with Crippen molar-refractivity contribution in [1.29, 1.82) is 0 Å². The maximum absolute atomic E-state index is 12.8. The molecule has 0 radical (unpaired) electrons. The Morgan fingerprint density at radius 3 is 2.41 bits per heavy atom. The van der Waals surface area contributed by atoms with E-state index in [-0.39, 0.29) is 15.5 Å². The number of fused-ring (bicyclic) bond motifs is 1. The first kappa shape index (κ1) is 23.3. The molecule has 6 nitrogen and oxygen atoms in total. The monoisotopic (exact) mass is 477 g/mol. The van der Waals surface area contributed by atoms with Gasteiger partial charge in [0.05, 0.1) is 10.4 Å². The summed E-state index contributed by atoms with van der Waals surface area (Å²) in [5, 5.41) is 0.354. The number of rotatable bonds is 4. The number of pyridine rings is 1. The zero-order chi connectivity index (χ0) is 23.7. The molecule has 1 aromatic carbocycles. The molecule has 3 rings (SSSR count). The Bertz CT molecular complexity index is 1170. The average Bonchev–Trinajstić information content (AvgIpc) is 3.05. The molecule has 0 saturated carbocycles. The maximum atomic E-state index is 12.8. The normalized spacial score (nSPS) is 12.0. The van der Waals surface area contributed by atoms with Crippen molar-refractivity contribution >= 4 is 33.4 Å². The van der Waals surface area contributed by atoms with Crippen LogP contribution in [0.1, 0.15) is 26.5 Å². The highest BCUT2D eigenvalue weighted by Gasteiger charge is 2.33. The SMILES string of the molecule is Cc1c(C(=O)NNC(=O)COc2cccc(C(F)(F)F)c2)sc2nc(C(F)(F)F)ccc12. The highest BCUT2D eigenvalue weighted by molar-refractivity contribution is 7.20. The van der Waals surface area contributed by atoms with Gasteiger partial charge in [0.15, 0.2) is 6.61 Å². The van der Waals surface area contributed by atoms with Gasteiger partial charge in [0.1, 0.15) is 16.3 Å². The summed E-state index contributed by atoms with van der Waals surface area (Å²) in [4.78, 5) is 27.7. The van der Waals surface area contributed by atoms with Crippen molar-refractivity contribution in [2.45, 2.75) is 19.3 Å². The molecule has 2 heterocycles. The summed E-state index contributed by atoms with van der Waals surface area (Å²) < 4.78 is 81.5. The van der Waals surface area contributed by atoms with E-state index in [2.05, 4.69) is 10.4 Å². The quantitative estimate of drug-likeness (QED) is 0.429. The minimum Gasteiger partial charge on any atom is -0.484 e. The van der Waals surface area contributed by atoms with Crippen LogP contribution in [0.2, 0.25) is 0 Å². The van der Waals surface area contributed by atoms with Crippen molar-refractivity contribution in [2.75, 3.05) is 6.61 Å². The first-order chi connectivity index (χ1) is 14.9. The van der Waals surface area contributed by atoms with E-state index in [9.17, 15) is 35.9 Å². The fraction of sp³-hybridized carbons (Fsp3) is 0.211. The number of ether oxygens (including phenoxy) is 1. The zero-order valence-corrected chi connectivity index (χ0v) is 16.8. The lowest BCUT2D eigenvalue weighted by Gasteiger charge is -2.11. The lowest BCUT2D eigenvalue weighted by Crippen LogP contribution is -2.43. The summed E-state index contributed by atoms with van der Waals surface area (Å²) >= 11 is 0.716. The number of hydrogen-bond donors (Lipinski definition) is 2. The van der Waals surface area contributed by atoms with Crippen LogP contribution < -0.4 is 15.6 Å². The average molecular weight is 477 g/mol. The van der Waals surface area contributed by atoms with Crippen LogP contribution in [0.25, 0.3) is 10.2 Å². The molecule has 2 aromatic heterocycles. The molecule has 32 heavy (non-hydrogen) atoms. The van der Waals surface area contributed by atoms with E-state index in [0.29, 0.717) is 28.4 Å². The molecule has 0 aliphatic carbocycles. The van der Waals surface area contributed by atoms with Crippen LogP contribution in [-0.2, 0) is 17.1 Å². The molecule has 0 saturated heterocycles. The topological polar surface area (TPSA) is 80.3 Å². The number of amides is 2. The van der Waals surface area contributed by atoms with Crippen LogP contribution in [0.15, 0.2) is 36.4 Å². The van der Waals surface area contributed by atoms with Crippen LogP contribution in [0.4, 0.5) is 26.3 Å². The highest BCUT2D eigenvalue weighted by atomic mass is 32.1. The summed E-state index contributed by atoms with van der Waals surface area (Å²) in [5.74, 6) is -1.87. The lowest BCUT2D eigenvalue weighted by molar-refractivity contribution is -0.141. The van der Waals surface area contributed by atoms with Gasteiger partial charge < -0.3 is 4.74 Å². The molecule has 0 aliphatic heterocycles. The van der Waals surface area contributed by atoms with Gasteiger partial charge in [0, 0.05) is 5.39 Å². The zero-order valence-electron chi connectivity index (χ0n) is 16.0. The third-order valence-electron chi connectivity index (χ3n) is 4.15. The van der Waals surface area contributed by atoms with Crippen LogP contribution >= 0.6 is 11.3 Å². The number of aromatic nitrogens is 1. The number of aryl methyl sites for hydroxylation is 1. The lowest BCUT2D eigenvalue weighted by atomic mass is 10.2. The number of halogens is 6. The number of hydrogen-bond acceptors (Lipinski definition) is 5. The minimum absolute atomic E-state index is 0.00156. The number of alkyl halides is 6. The van der Waals surface area contributed by atoms with E-state index < -0.39 is 42.0 Å². The van der Waals surface area contributed by atoms with Crippen molar-refractivity contribution in [3.8, 4) is 5.75 Å². The number of benzene rings is 1. The second-order valence-corrected chi connectivity index (χ2v) is 7.42. The molecule has 0 fully saturated rings. The van der Waals surface area contributed by atoms with E-state index in [1.54, 1.807) is 0 Å². The largest absolute Gasteiger partial charge is 0.484 e. The maximum Gasteiger partial charge on any atom is 0.433 e. The fourth-order valence-corrected chi connectivity index (χ4v) is 3.68. The van der Waals surface area contributed by atoms with Gasteiger partial charge in [-0.2, -0.15) is 26.3 Å². The Hall–Kier alpha value is -3.35. The Balaban J connectivity index is 1.61.